The minimum absolute atomic E-state index is 0.00733. The van der Waals surface area contributed by atoms with Gasteiger partial charge in [0.25, 0.3) is 0 Å². The third-order valence-electron chi connectivity index (χ3n) is 3.58. The molecule has 1 aromatic carbocycles. The molecule has 7 nitrogen and oxygen atoms in total. The molecule has 1 rings (SSSR count). The fourth-order valence-corrected chi connectivity index (χ4v) is 2.83. The van der Waals surface area contributed by atoms with Crippen molar-refractivity contribution in [2.45, 2.75) is 45.0 Å². The molecule has 0 aliphatic heterocycles. The quantitative estimate of drug-likeness (QED) is 0.331. The van der Waals surface area contributed by atoms with E-state index in [2.05, 4.69) is 12.6 Å². The van der Waals surface area contributed by atoms with Gasteiger partial charge in [0.1, 0.15) is 5.78 Å². The normalized spacial score (nSPS) is 12.2. The van der Waals surface area contributed by atoms with Crippen molar-refractivity contribution in [1.82, 2.24) is 0 Å². The molecule has 0 unspecified atom stereocenters. The summed E-state index contributed by atoms with van der Waals surface area (Å²) in [6, 6.07) is 8.27. The number of ketones is 1. The van der Waals surface area contributed by atoms with Gasteiger partial charge in [0, 0.05) is 12.2 Å². The van der Waals surface area contributed by atoms with Gasteiger partial charge in [-0.05, 0) is 51.6 Å². The monoisotopic (exact) mass is 442 g/mol. The van der Waals surface area contributed by atoms with Crippen LogP contribution < -0.4 is 0 Å². The summed E-state index contributed by atoms with van der Waals surface area (Å²) in [6.07, 6.45) is -0.454. The average molecular weight is 443 g/mol. The van der Waals surface area contributed by atoms with Gasteiger partial charge in [-0.15, -0.1) is 0 Å². The Balaban J connectivity index is 2.52. The Morgan fingerprint density at radius 3 is 2.24 bits per heavy atom. The molecule has 0 aromatic heterocycles. The molecule has 1 aromatic rings. The predicted octanol–water partition coefficient (Wildman–Crippen LogP) is 3.91. The number of esters is 2. The van der Waals surface area contributed by atoms with E-state index in [1.807, 2.05) is 0 Å². The van der Waals surface area contributed by atoms with Gasteiger partial charge >= 0.3 is 17.2 Å². The Morgan fingerprint density at radius 2 is 1.69 bits per heavy atom. The highest BCUT2D eigenvalue weighted by atomic mass is 32.2. The zero-order valence-electron chi connectivity index (χ0n) is 16.9. The standard InChI is InChI=1S/C20H26O7S2/c1-13(2)27-18(23)15(10-16(21)20(3,4)28)11-29-19(24)26-12-25-17(22)14-8-6-5-7-9-14/h5-9,13,15,28H,10-12H2,1-4H3/t15-/m0/s1. The molecule has 0 aliphatic carbocycles. The van der Waals surface area contributed by atoms with Crippen LogP contribution in [0.3, 0.4) is 0 Å². The van der Waals surface area contributed by atoms with Gasteiger partial charge in [0.2, 0.25) is 6.79 Å². The molecule has 0 N–H and O–H groups in total. The second-order valence-corrected chi connectivity index (χ2v) is 9.06. The van der Waals surface area contributed by atoms with E-state index in [1.165, 1.54) is 0 Å². The fraction of sp³-hybridized carbons (Fsp3) is 0.500. The minimum atomic E-state index is -0.910. The topological polar surface area (TPSA) is 96.0 Å². The Morgan fingerprint density at radius 1 is 1.07 bits per heavy atom. The third kappa shape index (κ3) is 9.85. The number of hydrogen-bond donors (Lipinski definition) is 1. The third-order valence-corrected chi connectivity index (χ3v) is 4.75. The summed E-state index contributed by atoms with van der Waals surface area (Å²) in [7, 11) is 0. The number of carbonyl (C=O) groups is 4. The van der Waals surface area contributed by atoms with Crippen LogP contribution in [0.15, 0.2) is 30.3 Å². The van der Waals surface area contributed by atoms with Crippen molar-refractivity contribution in [3.05, 3.63) is 35.9 Å². The van der Waals surface area contributed by atoms with Gasteiger partial charge in [-0.1, -0.05) is 18.2 Å². The van der Waals surface area contributed by atoms with E-state index in [4.69, 9.17) is 14.2 Å². The Labute approximate surface area is 180 Å². The molecule has 1 atom stereocenters. The number of hydrogen-bond acceptors (Lipinski definition) is 9. The van der Waals surface area contributed by atoms with Crippen LogP contribution in [0.1, 0.15) is 44.5 Å². The van der Waals surface area contributed by atoms with Crippen LogP contribution in [0.5, 0.6) is 0 Å². The first-order chi connectivity index (χ1) is 13.5. The van der Waals surface area contributed by atoms with Crippen LogP contribution in [0.25, 0.3) is 0 Å². The van der Waals surface area contributed by atoms with Crippen LogP contribution in [0.2, 0.25) is 0 Å². The lowest BCUT2D eigenvalue weighted by Gasteiger charge is -2.21. The molecular weight excluding hydrogens is 416 g/mol. The van der Waals surface area contributed by atoms with Gasteiger partial charge < -0.3 is 14.2 Å². The van der Waals surface area contributed by atoms with Crippen molar-refractivity contribution in [1.29, 1.82) is 0 Å². The van der Waals surface area contributed by atoms with Crippen LogP contribution >= 0.6 is 24.4 Å². The SMILES string of the molecule is CC(C)OC(=O)[C@H](CSC(=O)OCOC(=O)c1ccccc1)CC(=O)C(C)(C)S. The van der Waals surface area contributed by atoms with Gasteiger partial charge in [-0.25, -0.2) is 9.59 Å². The largest absolute Gasteiger partial charge is 0.463 e. The molecule has 9 heteroatoms. The van der Waals surface area contributed by atoms with Gasteiger partial charge in [-0.2, -0.15) is 12.6 Å². The summed E-state index contributed by atoms with van der Waals surface area (Å²) >= 11 is 4.93. The van der Waals surface area contributed by atoms with Gasteiger partial charge in [0.15, 0.2) is 0 Å². The zero-order valence-corrected chi connectivity index (χ0v) is 18.6. The molecule has 29 heavy (non-hydrogen) atoms. The fourth-order valence-electron chi connectivity index (χ4n) is 2.01. The summed E-state index contributed by atoms with van der Waals surface area (Å²) < 4.78 is 14.0. The Bertz CT molecular complexity index is 711. The Kier molecular flexibility index (Phi) is 10.2. The maximum atomic E-state index is 12.3. The lowest BCUT2D eigenvalue weighted by Crippen LogP contribution is -2.32. The molecular formula is C20H26O7S2. The lowest BCUT2D eigenvalue weighted by molar-refractivity contribution is -0.153. The van der Waals surface area contributed by atoms with Crippen molar-refractivity contribution in [2.24, 2.45) is 5.92 Å². The first kappa shape index (κ1) is 25.0. The number of rotatable bonds is 10. The minimum Gasteiger partial charge on any atom is -0.463 e. The second kappa shape index (κ2) is 11.9. The number of thiol groups is 1. The number of ether oxygens (including phenoxy) is 3. The van der Waals surface area contributed by atoms with E-state index in [-0.39, 0.29) is 24.1 Å². The Hall–Kier alpha value is -2.00. The predicted molar refractivity (Wildman–Crippen MR) is 113 cm³/mol. The van der Waals surface area contributed by atoms with E-state index < -0.39 is 34.7 Å². The number of benzene rings is 1. The summed E-state index contributed by atoms with van der Waals surface area (Å²) in [5.41, 5.74) is 0.334. The van der Waals surface area contributed by atoms with Gasteiger partial charge in [0.05, 0.1) is 22.3 Å². The lowest BCUT2D eigenvalue weighted by atomic mass is 9.97. The summed E-state index contributed by atoms with van der Waals surface area (Å²) in [4.78, 5) is 48.1. The molecule has 0 aliphatic rings. The van der Waals surface area contributed by atoms with E-state index >= 15 is 0 Å². The van der Waals surface area contributed by atoms with Crippen LogP contribution in [-0.4, -0.2) is 46.4 Å². The molecule has 0 fully saturated rings. The van der Waals surface area contributed by atoms with E-state index in [1.54, 1.807) is 58.0 Å². The van der Waals surface area contributed by atoms with Crippen molar-refractivity contribution in [3.63, 3.8) is 0 Å². The molecule has 0 radical (unpaired) electrons. The number of thioether (sulfide) groups is 1. The van der Waals surface area contributed by atoms with Crippen LogP contribution in [0.4, 0.5) is 4.79 Å². The number of Topliss-reactive ketones (excluding diaryl/α,β-unsaturated/α-hetero) is 1. The van der Waals surface area contributed by atoms with E-state index in [0.29, 0.717) is 17.3 Å². The molecule has 0 heterocycles. The van der Waals surface area contributed by atoms with Crippen LogP contribution in [-0.2, 0) is 23.8 Å². The highest BCUT2D eigenvalue weighted by molar-refractivity contribution is 8.13. The zero-order chi connectivity index (χ0) is 22.0. The molecule has 160 valence electrons. The smallest absolute Gasteiger partial charge is 0.370 e. The molecule has 0 saturated heterocycles. The summed E-state index contributed by atoms with van der Waals surface area (Å²) in [5.74, 6) is -2.25. The van der Waals surface area contributed by atoms with Crippen molar-refractivity contribution >= 4 is 47.4 Å². The highest BCUT2D eigenvalue weighted by Crippen LogP contribution is 2.23. The molecule has 0 saturated carbocycles. The maximum Gasteiger partial charge on any atom is 0.370 e. The maximum absolute atomic E-state index is 12.3. The first-order valence-electron chi connectivity index (χ1n) is 8.98. The number of carbonyl (C=O) groups excluding carboxylic acids is 4. The van der Waals surface area contributed by atoms with Crippen LogP contribution in [0, 0.1) is 5.92 Å². The average Bonchev–Trinajstić information content (AvgIpc) is 2.64. The van der Waals surface area contributed by atoms with Crippen molar-refractivity contribution < 1.29 is 33.4 Å². The van der Waals surface area contributed by atoms with Crippen molar-refractivity contribution in [3.8, 4) is 0 Å². The second-order valence-electron chi connectivity index (χ2n) is 6.99. The summed E-state index contributed by atoms with van der Waals surface area (Å²) in [6.45, 7) is 6.10. The highest BCUT2D eigenvalue weighted by Gasteiger charge is 2.31. The van der Waals surface area contributed by atoms with E-state index in [9.17, 15) is 19.2 Å². The summed E-state index contributed by atoms with van der Waals surface area (Å²) in [5, 5.41) is -0.731. The molecule has 0 spiro atoms. The van der Waals surface area contributed by atoms with Gasteiger partial charge in [-0.3, -0.25) is 9.59 Å². The molecule has 0 amide bonds. The first-order valence-corrected chi connectivity index (χ1v) is 10.4. The van der Waals surface area contributed by atoms with Crippen molar-refractivity contribution in [2.75, 3.05) is 12.5 Å². The molecule has 0 bridgehead atoms. The van der Waals surface area contributed by atoms with E-state index in [0.717, 1.165) is 0 Å².